The number of guanidine groups is 1. The van der Waals surface area contributed by atoms with Crippen molar-refractivity contribution in [2.45, 2.75) is 20.0 Å². The Morgan fingerprint density at radius 1 is 1.07 bits per heavy atom. The number of likely N-dealkylation sites (N-methyl/N-ethyl adjacent to an activating group) is 1. The van der Waals surface area contributed by atoms with Crippen LogP contribution < -0.4 is 20.1 Å². The highest BCUT2D eigenvalue weighted by atomic mass is 16.5. The number of hydrogen-bond donors (Lipinski definition) is 2. The molecule has 0 bridgehead atoms. The zero-order chi connectivity index (χ0) is 20.2. The molecule has 0 aliphatic carbocycles. The third-order valence-corrected chi connectivity index (χ3v) is 4.11. The van der Waals surface area contributed by atoms with Crippen LogP contribution in [0.5, 0.6) is 11.5 Å². The van der Waals surface area contributed by atoms with E-state index in [1.165, 1.54) is 0 Å². The largest absolute Gasteiger partial charge is 0.496 e. The van der Waals surface area contributed by atoms with Crippen LogP contribution in [0.1, 0.15) is 18.1 Å². The van der Waals surface area contributed by atoms with Gasteiger partial charge in [0.05, 0.1) is 13.7 Å². The normalized spacial score (nSPS) is 11.4. The fourth-order valence-corrected chi connectivity index (χ4v) is 2.62. The highest BCUT2D eigenvalue weighted by Gasteiger charge is 2.04. The number of para-hydroxylation sites is 1. The van der Waals surface area contributed by atoms with Gasteiger partial charge < -0.3 is 25.0 Å². The molecule has 6 heteroatoms. The van der Waals surface area contributed by atoms with Crippen molar-refractivity contribution in [1.82, 2.24) is 15.5 Å². The maximum atomic E-state index is 5.81. The molecule has 6 nitrogen and oxygen atoms in total. The molecule has 0 amide bonds. The van der Waals surface area contributed by atoms with Gasteiger partial charge in [-0.2, -0.15) is 0 Å². The van der Waals surface area contributed by atoms with E-state index in [-0.39, 0.29) is 0 Å². The Bertz CT molecular complexity index is 747. The van der Waals surface area contributed by atoms with Crippen LogP contribution in [-0.2, 0) is 13.1 Å². The second-order valence-electron chi connectivity index (χ2n) is 6.66. The van der Waals surface area contributed by atoms with Gasteiger partial charge in [0.1, 0.15) is 18.1 Å². The Labute approximate surface area is 168 Å². The van der Waals surface area contributed by atoms with Gasteiger partial charge in [0.2, 0.25) is 0 Å². The van der Waals surface area contributed by atoms with Crippen molar-refractivity contribution in [1.29, 1.82) is 0 Å². The van der Waals surface area contributed by atoms with Crippen molar-refractivity contribution in [3.8, 4) is 11.5 Å². The summed E-state index contributed by atoms with van der Waals surface area (Å²) >= 11 is 0. The van der Waals surface area contributed by atoms with Gasteiger partial charge in [-0.3, -0.25) is 0 Å². The highest BCUT2D eigenvalue weighted by Crippen LogP contribution is 2.17. The summed E-state index contributed by atoms with van der Waals surface area (Å²) in [7, 11) is 5.76. The maximum absolute atomic E-state index is 5.81. The van der Waals surface area contributed by atoms with E-state index >= 15 is 0 Å². The standard InChI is InChI=1S/C22H32N4O2/c1-5-23-22(25-17-19-10-6-7-12-21(19)27-4)24-16-18-9-8-11-20(15-18)28-14-13-26(2)3/h6-12,15H,5,13-14,16-17H2,1-4H3,(H2,23,24,25). The minimum absolute atomic E-state index is 0.576. The Balaban J connectivity index is 1.96. The summed E-state index contributed by atoms with van der Waals surface area (Å²) in [6.45, 7) is 5.63. The van der Waals surface area contributed by atoms with E-state index < -0.39 is 0 Å². The zero-order valence-corrected chi connectivity index (χ0v) is 17.4. The lowest BCUT2D eigenvalue weighted by molar-refractivity contribution is 0.261. The third-order valence-electron chi connectivity index (χ3n) is 4.11. The van der Waals surface area contributed by atoms with E-state index in [0.29, 0.717) is 19.7 Å². The summed E-state index contributed by atoms with van der Waals surface area (Å²) in [5, 5.41) is 6.65. The van der Waals surface area contributed by atoms with E-state index in [0.717, 1.165) is 41.7 Å². The number of rotatable bonds is 10. The number of hydrogen-bond acceptors (Lipinski definition) is 4. The first-order valence-corrected chi connectivity index (χ1v) is 9.63. The molecule has 0 atom stereocenters. The van der Waals surface area contributed by atoms with Crippen molar-refractivity contribution in [2.75, 3.05) is 40.9 Å². The minimum Gasteiger partial charge on any atom is -0.496 e. The van der Waals surface area contributed by atoms with Crippen LogP contribution in [0.15, 0.2) is 53.5 Å². The van der Waals surface area contributed by atoms with Crippen molar-refractivity contribution in [2.24, 2.45) is 4.99 Å². The van der Waals surface area contributed by atoms with E-state index in [4.69, 9.17) is 14.5 Å². The summed E-state index contributed by atoms with van der Waals surface area (Å²) < 4.78 is 11.2. The molecule has 2 aromatic rings. The van der Waals surface area contributed by atoms with Crippen LogP contribution in [-0.4, -0.2) is 51.8 Å². The molecular formula is C22H32N4O2. The Morgan fingerprint density at radius 2 is 1.89 bits per heavy atom. The topological polar surface area (TPSA) is 58.1 Å². The maximum Gasteiger partial charge on any atom is 0.191 e. The van der Waals surface area contributed by atoms with Crippen molar-refractivity contribution >= 4 is 5.96 Å². The van der Waals surface area contributed by atoms with Gasteiger partial charge in [-0.05, 0) is 44.8 Å². The van der Waals surface area contributed by atoms with E-state index in [2.05, 4.69) is 28.5 Å². The molecule has 0 aliphatic heterocycles. The molecule has 28 heavy (non-hydrogen) atoms. The fraction of sp³-hybridized carbons (Fsp3) is 0.409. The van der Waals surface area contributed by atoms with Crippen molar-refractivity contribution in [3.63, 3.8) is 0 Å². The number of nitrogens with one attached hydrogen (secondary N) is 2. The molecule has 0 unspecified atom stereocenters. The first-order valence-electron chi connectivity index (χ1n) is 9.63. The number of benzene rings is 2. The van der Waals surface area contributed by atoms with Crippen LogP contribution in [0.2, 0.25) is 0 Å². The Kier molecular flexibility index (Phi) is 9.15. The van der Waals surface area contributed by atoms with Crippen LogP contribution in [0.4, 0.5) is 0 Å². The van der Waals surface area contributed by atoms with Crippen LogP contribution in [0.25, 0.3) is 0 Å². The average molecular weight is 385 g/mol. The highest BCUT2D eigenvalue weighted by molar-refractivity contribution is 5.79. The predicted molar refractivity (Wildman–Crippen MR) is 115 cm³/mol. The third kappa shape index (κ3) is 7.48. The molecule has 0 saturated heterocycles. The fourth-order valence-electron chi connectivity index (χ4n) is 2.62. The quantitative estimate of drug-likeness (QED) is 0.487. The summed E-state index contributed by atoms with van der Waals surface area (Å²) in [4.78, 5) is 6.80. The smallest absolute Gasteiger partial charge is 0.191 e. The molecule has 0 aliphatic rings. The Morgan fingerprint density at radius 3 is 2.64 bits per heavy atom. The number of aliphatic imine (C=N–C) groups is 1. The van der Waals surface area contributed by atoms with E-state index in [1.54, 1.807) is 7.11 Å². The van der Waals surface area contributed by atoms with Crippen LogP contribution in [0, 0.1) is 0 Å². The first-order chi connectivity index (χ1) is 13.6. The van der Waals surface area contributed by atoms with Crippen molar-refractivity contribution in [3.05, 3.63) is 59.7 Å². The monoisotopic (exact) mass is 384 g/mol. The minimum atomic E-state index is 0.576. The molecule has 0 aromatic heterocycles. The first kappa shape index (κ1) is 21.6. The molecular weight excluding hydrogens is 352 g/mol. The molecule has 0 spiro atoms. The Hall–Kier alpha value is -2.73. The van der Waals surface area contributed by atoms with Gasteiger partial charge in [-0.1, -0.05) is 30.3 Å². The van der Waals surface area contributed by atoms with Gasteiger partial charge in [0, 0.05) is 25.2 Å². The molecule has 0 saturated carbocycles. The zero-order valence-electron chi connectivity index (χ0n) is 17.4. The molecule has 0 radical (unpaired) electrons. The lowest BCUT2D eigenvalue weighted by Gasteiger charge is -2.14. The van der Waals surface area contributed by atoms with Gasteiger partial charge in [-0.25, -0.2) is 4.99 Å². The van der Waals surface area contributed by atoms with E-state index in [1.807, 2.05) is 56.6 Å². The van der Waals surface area contributed by atoms with Crippen molar-refractivity contribution < 1.29 is 9.47 Å². The second kappa shape index (κ2) is 11.9. The van der Waals surface area contributed by atoms with Gasteiger partial charge in [-0.15, -0.1) is 0 Å². The molecule has 152 valence electrons. The summed E-state index contributed by atoms with van der Waals surface area (Å²) in [6.07, 6.45) is 0. The average Bonchev–Trinajstić information content (AvgIpc) is 2.70. The second-order valence-corrected chi connectivity index (χ2v) is 6.66. The lowest BCUT2D eigenvalue weighted by Crippen LogP contribution is -2.36. The van der Waals surface area contributed by atoms with Crippen LogP contribution >= 0.6 is 0 Å². The van der Waals surface area contributed by atoms with Crippen LogP contribution in [0.3, 0.4) is 0 Å². The molecule has 2 rings (SSSR count). The SMILES string of the molecule is CCNC(=NCc1cccc(OCCN(C)C)c1)NCc1ccccc1OC. The van der Waals surface area contributed by atoms with Gasteiger partial charge in [0.25, 0.3) is 0 Å². The molecule has 2 N–H and O–H groups in total. The molecule has 0 fully saturated rings. The summed E-state index contributed by atoms with van der Waals surface area (Å²) in [5.74, 6) is 2.52. The molecule has 2 aromatic carbocycles. The number of nitrogens with zero attached hydrogens (tertiary/aromatic N) is 2. The molecule has 0 heterocycles. The lowest BCUT2D eigenvalue weighted by atomic mass is 10.2. The number of ether oxygens (including phenoxy) is 2. The van der Waals surface area contributed by atoms with E-state index in [9.17, 15) is 0 Å². The number of methoxy groups -OCH3 is 1. The summed E-state index contributed by atoms with van der Waals surface area (Å²) in [6, 6.07) is 16.1. The van der Waals surface area contributed by atoms with Gasteiger partial charge >= 0.3 is 0 Å². The van der Waals surface area contributed by atoms with Gasteiger partial charge in [0.15, 0.2) is 5.96 Å². The summed E-state index contributed by atoms with van der Waals surface area (Å²) in [5.41, 5.74) is 2.20. The predicted octanol–water partition coefficient (Wildman–Crippen LogP) is 2.89.